The molecule has 20 heavy (non-hydrogen) atoms. The summed E-state index contributed by atoms with van der Waals surface area (Å²) in [5, 5.41) is 18.7. The molecule has 0 heterocycles. The fourth-order valence-electron chi connectivity index (χ4n) is 1.57. The molecule has 0 fully saturated rings. The Morgan fingerprint density at radius 1 is 1.30 bits per heavy atom. The van der Waals surface area contributed by atoms with Gasteiger partial charge in [0.05, 0.1) is 0 Å². The second kappa shape index (κ2) is 5.81. The number of amides is 1. The van der Waals surface area contributed by atoms with Crippen molar-refractivity contribution in [1.82, 2.24) is 4.90 Å². The molecule has 1 unspecified atom stereocenters. The summed E-state index contributed by atoms with van der Waals surface area (Å²) in [5.41, 5.74) is -0.292. The van der Waals surface area contributed by atoms with Crippen LogP contribution in [0.1, 0.15) is 32.4 Å². The summed E-state index contributed by atoms with van der Waals surface area (Å²) in [7, 11) is 1.43. The lowest BCUT2D eigenvalue weighted by Crippen LogP contribution is -2.37. The smallest absolute Gasteiger partial charge is 0.410 e. The number of rotatable bonds is 3. The third-order valence-electron chi connectivity index (χ3n) is 2.57. The van der Waals surface area contributed by atoms with Gasteiger partial charge in [-0.2, -0.15) is 0 Å². The van der Waals surface area contributed by atoms with Crippen LogP contribution < -0.4 is 0 Å². The van der Waals surface area contributed by atoms with Gasteiger partial charge in [0.15, 0.2) is 11.5 Å². The Morgan fingerprint density at radius 2 is 1.90 bits per heavy atom. The molecule has 1 aromatic carbocycles. The molecule has 1 rings (SSSR count). The molecule has 110 valence electrons. The maximum Gasteiger partial charge on any atom is 0.410 e. The fraction of sp³-hybridized carbons (Fsp3) is 0.429. The highest BCUT2D eigenvalue weighted by atomic mass is 16.6. The van der Waals surface area contributed by atoms with Crippen molar-refractivity contribution in [2.75, 3.05) is 7.05 Å². The van der Waals surface area contributed by atoms with E-state index >= 15 is 0 Å². The number of aldehydes is 1. The molecule has 6 heteroatoms. The van der Waals surface area contributed by atoms with E-state index in [0.717, 1.165) is 4.90 Å². The SMILES string of the molecule is CN(C(=O)OC(C)(C)C)C(C=O)c1ccc(O)c(O)c1. The molecule has 1 aromatic rings. The normalized spacial score (nSPS) is 12.6. The number of carbonyl (C=O) groups excluding carboxylic acids is 2. The van der Waals surface area contributed by atoms with Crippen LogP contribution in [0.5, 0.6) is 11.5 Å². The van der Waals surface area contributed by atoms with Crippen LogP contribution >= 0.6 is 0 Å². The molecule has 0 aliphatic heterocycles. The van der Waals surface area contributed by atoms with Gasteiger partial charge in [0, 0.05) is 7.05 Å². The first-order chi connectivity index (χ1) is 9.15. The third-order valence-corrected chi connectivity index (χ3v) is 2.57. The van der Waals surface area contributed by atoms with Gasteiger partial charge in [-0.05, 0) is 38.5 Å². The number of carbonyl (C=O) groups is 2. The minimum atomic E-state index is -0.906. The maximum atomic E-state index is 11.9. The van der Waals surface area contributed by atoms with Crippen molar-refractivity contribution >= 4 is 12.4 Å². The van der Waals surface area contributed by atoms with E-state index in [4.69, 9.17) is 4.74 Å². The second-order valence-electron chi connectivity index (χ2n) is 5.42. The Bertz CT molecular complexity index is 507. The van der Waals surface area contributed by atoms with Gasteiger partial charge in [0.25, 0.3) is 0 Å². The first kappa shape index (κ1) is 15.8. The third kappa shape index (κ3) is 3.88. The lowest BCUT2D eigenvalue weighted by atomic mass is 10.1. The highest BCUT2D eigenvalue weighted by molar-refractivity contribution is 5.75. The van der Waals surface area contributed by atoms with Crippen LogP contribution in [0.2, 0.25) is 0 Å². The standard InChI is InChI=1S/C14H19NO5/c1-14(2,3)20-13(19)15(4)10(8-16)9-5-6-11(17)12(18)7-9/h5-8,10,17-18H,1-4H3. The number of phenolic OH excluding ortho intramolecular Hbond substituents is 2. The zero-order valence-corrected chi connectivity index (χ0v) is 12.0. The number of likely N-dealkylation sites (N-methyl/N-ethyl adjacent to an activating group) is 1. The van der Waals surface area contributed by atoms with Crippen LogP contribution in [0.15, 0.2) is 18.2 Å². The van der Waals surface area contributed by atoms with Gasteiger partial charge >= 0.3 is 6.09 Å². The van der Waals surface area contributed by atoms with Gasteiger partial charge in [0.2, 0.25) is 0 Å². The van der Waals surface area contributed by atoms with Crippen molar-refractivity contribution in [3.8, 4) is 11.5 Å². The highest BCUT2D eigenvalue weighted by Crippen LogP contribution is 2.29. The Hall–Kier alpha value is -2.24. The first-order valence-corrected chi connectivity index (χ1v) is 6.08. The molecule has 1 atom stereocenters. The van der Waals surface area contributed by atoms with Gasteiger partial charge in [-0.3, -0.25) is 4.90 Å². The summed E-state index contributed by atoms with van der Waals surface area (Å²) in [5.74, 6) is -0.648. The van der Waals surface area contributed by atoms with E-state index in [1.54, 1.807) is 20.8 Å². The predicted octanol–water partition coefficient (Wildman–Crippen LogP) is 2.20. The first-order valence-electron chi connectivity index (χ1n) is 6.08. The number of benzene rings is 1. The van der Waals surface area contributed by atoms with Crippen molar-refractivity contribution in [1.29, 1.82) is 0 Å². The lowest BCUT2D eigenvalue weighted by Gasteiger charge is -2.28. The van der Waals surface area contributed by atoms with Crippen LogP contribution in [-0.2, 0) is 9.53 Å². The Morgan fingerprint density at radius 3 is 2.35 bits per heavy atom. The second-order valence-corrected chi connectivity index (χ2v) is 5.42. The molecular formula is C14H19NO5. The number of aromatic hydroxyl groups is 2. The Kier molecular flexibility index (Phi) is 4.60. The maximum absolute atomic E-state index is 11.9. The molecule has 0 bridgehead atoms. The van der Waals surface area contributed by atoms with E-state index in [-0.39, 0.29) is 11.5 Å². The van der Waals surface area contributed by atoms with E-state index in [2.05, 4.69) is 0 Å². The molecule has 0 saturated heterocycles. The minimum absolute atomic E-state index is 0.293. The predicted molar refractivity (Wildman–Crippen MR) is 72.6 cm³/mol. The van der Waals surface area contributed by atoms with Gasteiger partial charge in [0.1, 0.15) is 17.9 Å². The van der Waals surface area contributed by atoms with Crippen molar-refractivity contribution in [3.63, 3.8) is 0 Å². The molecule has 0 aliphatic carbocycles. The summed E-state index contributed by atoms with van der Waals surface area (Å²) in [6, 6.07) is 3.03. The number of hydrogen-bond acceptors (Lipinski definition) is 5. The van der Waals surface area contributed by atoms with Crippen molar-refractivity contribution < 1.29 is 24.5 Å². The Labute approximate surface area is 117 Å². The summed E-state index contributed by atoms with van der Waals surface area (Å²) in [4.78, 5) is 24.3. The van der Waals surface area contributed by atoms with Crippen LogP contribution in [0.4, 0.5) is 4.79 Å². The molecule has 0 aliphatic rings. The topological polar surface area (TPSA) is 87.1 Å². The lowest BCUT2D eigenvalue weighted by molar-refractivity contribution is -0.112. The average Bonchev–Trinajstić information content (AvgIpc) is 2.32. The van der Waals surface area contributed by atoms with Gasteiger partial charge < -0.3 is 19.7 Å². The molecule has 0 radical (unpaired) electrons. The number of ether oxygens (including phenoxy) is 1. The summed E-state index contributed by atoms with van der Waals surface area (Å²) < 4.78 is 5.17. The van der Waals surface area contributed by atoms with Crippen molar-refractivity contribution in [3.05, 3.63) is 23.8 Å². The number of nitrogens with zero attached hydrogens (tertiary/aromatic N) is 1. The Balaban J connectivity index is 2.97. The number of phenols is 2. The van der Waals surface area contributed by atoms with Crippen LogP contribution in [0.3, 0.4) is 0 Å². The minimum Gasteiger partial charge on any atom is -0.504 e. The molecular weight excluding hydrogens is 262 g/mol. The molecule has 0 spiro atoms. The molecule has 0 saturated carbocycles. The largest absolute Gasteiger partial charge is 0.504 e. The van der Waals surface area contributed by atoms with E-state index in [1.165, 1.54) is 25.2 Å². The van der Waals surface area contributed by atoms with Crippen LogP contribution in [0.25, 0.3) is 0 Å². The van der Waals surface area contributed by atoms with E-state index in [1.807, 2.05) is 0 Å². The molecule has 6 nitrogen and oxygen atoms in total. The highest BCUT2D eigenvalue weighted by Gasteiger charge is 2.26. The monoisotopic (exact) mass is 281 g/mol. The molecule has 0 aromatic heterocycles. The van der Waals surface area contributed by atoms with Crippen LogP contribution in [0, 0.1) is 0 Å². The summed E-state index contributed by atoms with van der Waals surface area (Å²) in [6.07, 6.45) is -0.0856. The molecule has 1 amide bonds. The van der Waals surface area contributed by atoms with Gasteiger partial charge in [-0.1, -0.05) is 6.07 Å². The van der Waals surface area contributed by atoms with E-state index in [0.29, 0.717) is 11.8 Å². The van der Waals surface area contributed by atoms with Crippen LogP contribution in [-0.4, -0.2) is 40.1 Å². The average molecular weight is 281 g/mol. The molecule has 2 N–H and O–H groups in total. The summed E-state index contributed by atoms with van der Waals surface area (Å²) >= 11 is 0. The van der Waals surface area contributed by atoms with Crippen molar-refractivity contribution in [2.45, 2.75) is 32.4 Å². The van der Waals surface area contributed by atoms with Gasteiger partial charge in [-0.15, -0.1) is 0 Å². The fourth-order valence-corrected chi connectivity index (χ4v) is 1.57. The van der Waals surface area contributed by atoms with E-state index in [9.17, 15) is 19.8 Å². The van der Waals surface area contributed by atoms with Gasteiger partial charge in [-0.25, -0.2) is 4.79 Å². The van der Waals surface area contributed by atoms with Crippen molar-refractivity contribution in [2.24, 2.45) is 0 Å². The number of hydrogen-bond donors (Lipinski definition) is 2. The van der Waals surface area contributed by atoms with E-state index < -0.39 is 17.7 Å². The zero-order chi connectivity index (χ0) is 15.5. The zero-order valence-electron chi connectivity index (χ0n) is 12.0. The quantitative estimate of drug-likeness (QED) is 0.655. The summed E-state index contributed by atoms with van der Waals surface area (Å²) in [6.45, 7) is 5.17.